The highest BCUT2D eigenvalue weighted by atomic mass is 35.5. The first kappa shape index (κ1) is 7.64. The van der Waals surface area contributed by atoms with E-state index in [1.54, 1.807) is 11.8 Å². The Kier molecular flexibility index (Phi) is 3.95. The summed E-state index contributed by atoms with van der Waals surface area (Å²) in [7, 11) is 0. The van der Waals surface area contributed by atoms with E-state index >= 15 is 0 Å². The molecule has 0 spiro atoms. The highest BCUT2D eigenvalue weighted by Crippen LogP contribution is 2.13. The quantitative estimate of drug-likeness (QED) is 0.528. The van der Waals surface area contributed by atoms with E-state index in [4.69, 9.17) is 11.6 Å². The van der Waals surface area contributed by atoms with E-state index < -0.39 is 0 Å². The maximum Gasteiger partial charge on any atom is 0.0423 e. The fraction of sp³-hybridized carbons (Fsp3) is 1.00. The number of hydrogen-bond acceptors (Lipinski definition) is 1. The molecule has 0 aromatic rings. The standard InChI is InChI=1S/C5H11ClS/c1-4(6)5(2)7-3/h4-5H,1-3H3/t4-,5-/m0/s1. The van der Waals surface area contributed by atoms with Crippen molar-refractivity contribution in [2.45, 2.75) is 24.5 Å². The van der Waals surface area contributed by atoms with Gasteiger partial charge in [-0.1, -0.05) is 6.92 Å². The second kappa shape index (κ2) is 3.62. The van der Waals surface area contributed by atoms with Crippen LogP contribution in [0.2, 0.25) is 0 Å². The number of alkyl halides is 1. The largest absolute Gasteiger partial charge is 0.161 e. The average molecular weight is 139 g/mol. The third-order valence-corrected chi connectivity index (χ3v) is 2.70. The second-order valence-electron chi connectivity index (χ2n) is 1.62. The molecule has 0 aliphatic heterocycles. The molecule has 0 N–H and O–H groups in total. The summed E-state index contributed by atoms with van der Waals surface area (Å²) >= 11 is 7.51. The lowest BCUT2D eigenvalue weighted by Gasteiger charge is -2.07. The summed E-state index contributed by atoms with van der Waals surface area (Å²) in [6, 6.07) is 0. The predicted molar refractivity (Wildman–Crippen MR) is 38.3 cm³/mol. The second-order valence-corrected chi connectivity index (χ2v) is 3.52. The summed E-state index contributed by atoms with van der Waals surface area (Å²) in [6.45, 7) is 4.14. The van der Waals surface area contributed by atoms with Gasteiger partial charge in [0, 0.05) is 10.6 Å². The Bertz CT molecular complexity index is 45.3. The van der Waals surface area contributed by atoms with Crippen molar-refractivity contribution in [3.05, 3.63) is 0 Å². The lowest BCUT2D eigenvalue weighted by Crippen LogP contribution is -2.07. The van der Waals surface area contributed by atoms with E-state index in [1.165, 1.54) is 0 Å². The molecule has 0 aromatic carbocycles. The maximum absolute atomic E-state index is 5.71. The minimum absolute atomic E-state index is 0.301. The van der Waals surface area contributed by atoms with Crippen LogP contribution in [-0.2, 0) is 0 Å². The molecular formula is C5H11ClS. The minimum atomic E-state index is 0.301. The van der Waals surface area contributed by atoms with Crippen LogP contribution in [0.15, 0.2) is 0 Å². The Labute approximate surface area is 54.6 Å². The van der Waals surface area contributed by atoms with E-state index in [0.29, 0.717) is 10.6 Å². The summed E-state index contributed by atoms with van der Waals surface area (Å²) in [5.74, 6) is 0. The van der Waals surface area contributed by atoms with Crippen molar-refractivity contribution < 1.29 is 0 Å². The average Bonchev–Trinajstić information content (AvgIpc) is 1.65. The van der Waals surface area contributed by atoms with E-state index in [2.05, 4.69) is 13.2 Å². The summed E-state index contributed by atoms with van der Waals surface area (Å²) in [5, 5.41) is 0.886. The molecule has 0 amide bonds. The van der Waals surface area contributed by atoms with Gasteiger partial charge in [0.15, 0.2) is 0 Å². The van der Waals surface area contributed by atoms with Crippen LogP contribution in [0.1, 0.15) is 13.8 Å². The number of halogens is 1. The first-order chi connectivity index (χ1) is 3.18. The summed E-state index contributed by atoms with van der Waals surface area (Å²) < 4.78 is 0. The zero-order chi connectivity index (χ0) is 5.86. The van der Waals surface area contributed by atoms with E-state index in [9.17, 15) is 0 Å². The van der Waals surface area contributed by atoms with Crippen LogP contribution in [0.25, 0.3) is 0 Å². The van der Waals surface area contributed by atoms with Gasteiger partial charge in [-0.05, 0) is 13.2 Å². The minimum Gasteiger partial charge on any atom is -0.161 e. The van der Waals surface area contributed by atoms with E-state index in [1.807, 2.05) is 6.92 Å². The lowest BCUT2D eigenvalue weighted by atomic mass is 10.4. The molecule has 0 aliphatic rings. The molecule has 0 radical (unpaired) electrons. The monoisotopic (exact) mass is 138 g/mol. The number of thioether (sulfide) groups is 1. The SMILES string of the molecule is CS[C@@H](C)[C@H](C)Cl. The molecule has 0 fully saturated rings. The molecule has 44 valence electrons. The third-order valence-electron chi connectivity index (χ3n) is 1.02. The molecule has 0 unspecified atom stereocenters. The van der Waals surface area contributed by atoms with Crippen molar-refractivity contribution in [1.29, 1.82) is 0 Å². The van der Waals surface area contributed by atoms with Gasteiger partial charge in [-0.25, -0.2) is 0 Å². The molecule has 0 heterocycles. The first-order valence-corrected chi connectivity index (χ1v) is 4.07. The Morgan fingerprint density at radius 1 is 1.43 bits per heavy atom. The van der Waals surface area contributed by atoms with Gasteiger partial charge in [0.05, 0.1) is 0 Å². The zero-order valence-electron chi connectivity index (χ0n) is 4.94. The van der Waals surface area contributed by atoms with Crippen molar-refractivity contribution in [3.63, 3.8) is 0 Å². The van der Waals surface area contributed by atoms with Crippen LogP contribution in [-0.4, -0.2) is 16.9 Å². The molecule has 0 bridgehead atoms. The van der Waals surface area contributed by atoms with Gasteiger partial charge in [0.2, 0.25) is 0 Å². The topological polar surface area (TPSA) is 0 Å². The van der Waals surface area contributed by atoms with Gasteiger partial charge in [0.25, 0.3) is 0 Å². The fourth-order valence-electron chi connectivity index (χ4n) is 0.188. The molecular weight excluding hydrogens is 128 g/mol. The molecule has 2 atom stereocenters. The van der Waals surface area contributed by atoms with Gasteiger partial charge in [-0.15, -0.1) is 11.6 Å². The van der Waals surface area contributed by atoms with Gasteiger partial charge in [-0.2, -0.15) is 11.8 Å². The van der Waals surface area contributed by atoms with Crippen LogP contribution in [0.5, 0.6) is 0 Å². The molecule has 2 heteroatoms. The molecule has 0 aliphatic carbocycles. The zero-order valence-corrected chi connectivity index (χ0v) is 6.51. The normalized spacial score (nSPS) is 18.9. The fourth-order valence-corrected chi connectivity index (χ4v) is 0.871. The van der Waals surface area contributed by atoms with Crippen molar-refractivity contribution in [2.24, 2.45) is 0 Å². The van der Waals surface area contributed by atoms with Crippen molar-refractivity contribution in [2.75, 3.05) is 6.26 Å². The Morgan fingerprint density at radius 2 is 1.86 bits per heavy atom. The van der Waals surface area contributed by atoms with Crippen LogP contribution in [0.4, 0.5) is 0 Å². The number of hydrogen-bond donors (Lipinski definition) is 0. The van der Waals surface area contributed by atoms with Crippen molar-refractivity contribution in [1.82, 2.24) is 0 Å². The van der Waals surface area contributed by atoms with Crippen LogP contribution < -0.4 is 0 Å². The molecule has 0 nitrogen and oxygen atoms in total. The Hall–Kier alpha value is 0.640. The van der Waals surface area contributed by atoms with E-state index in [-0.39, 0.29) is 0 Å². The molecule has 0 saturated heterocycles. The highest BCUT2D eigenvalue weighted by Gasteiger charge is 2.04. The first-order valence-electron chi connectivity index (χ1n) is 2.35. The third kappa shape index (κ3) is 3.24. The van der Waals surface area contributed by atoms with Gasteiger partial charge in [0.1, 0.15) is 0 Å². The van der Waals surface area contributed by atoms with Crippen LogP contribution >= 0.6 is 23.4 Å². The summed E-state index contributed by atoms with van der Waals surface area (Å²) in [4.78, 5) is 0. The lowest BCUT2D eigenvalue weighted by molar-refractivity contribution is 0.918. The summed E-state index contributed by atoms with van der Waals surface area (Å²) in [5.41, 5.74) is 0. The van der Waals surface area contributed by atoms with Crippen molar-refractivity contribution in [3.8, 4) is 0 Å². The van der Waals surface area contributed by atoms with Crippen LogP contribution in [0.3, 0.4) is 0 Å². The van der Waals surface area contributed by atoms with Gasteiger partial charge >= 0.3 is 0 Å². The Balaban J connectivity index is 3.14. The highest BCUT2D eigenvalue weighted by molar-refractivity contribution is 7.99. The van der Waals surface area contributed by atoms with E-state index in [0.717, 1.165) is 0 Å². The van der Waals surface area contributed by atoms with Crippen molar-refractivity contribution >= 4 is 23.4 Å². The molecule has 0 saturated carbocycles. The maximum atomic E-state index is 5.71. The molecule has 0 aromatic heterocycles. The smallest absolute Gasteiger partial charge is 0.0423 e. The molecule has 7 heavy (non-hydrogen) atoms. The summed E-state index contributed by atoms with van der Waals surface area (Å²) in [6.07, 6.45) is 2.07. The van der Waals surface area contributed by atoms with Gasteiger partial charge in [-0.3, -0.25) is 0 Å². The van der Waals surface area contributed by atoms with Crippen LogP contribution in [0, 0.1) is 0 Å². The molecule has 0 rings (SSSR count). The predicted octanol–water partition coefficient (Wildman–Crippen LogP) is 2.37. The Morgan fingerprint density at radius 3 is 1.86 bits per heavy atom. The number of rotatable bonds is 2. The van der Waals surface area contributed by atoms with Gasteiger partial charge < -0.3 is 0 Å².